The van der Waals surface area contributed by atoms with Crippen molar-refractivity contribution in [1.29, 1.82) is 0 Å². The van der Waals surface area contributed by atoms with Gasteiger partial charge in [0, 0.05) is 36.3 Å². The van der Waals surface area contributed by atoms with Gasteiger partial charge in [0.05, 0.1) is 30.1 Å². The van der Waals surface area contributed by atoms with Gasteiger partial charge in [0.15, 0.2) is 0 Å². The molecule has 2 amide bonds. The lowest BCUT2D eigenvalue weighted by atomic mass is 9.85. The van der Waals surface area contributed by atoms with E-state index in [2.05, 4.69) is 20.6 Å². The number of hydrogen-bond donors (Lipinski definition) is 3. The number of carbonyl (C=O) groups excluding carboxylic acids is 2. The second-order valence-corrected chi connectivity index (χ2v) is 10.9. The highest BCUT2D eigenvalue weighted by atomic mass is 16.3. The first kappa shape index (κ1) is 25.2. The van der Waals surface area contributed by atoms with Gasteiger partial charge in [-0.3, -0.25) is 14.6 Å². The van der Waals surface area contributed by atoms with E-state index in [1.165, 1.54) is 4.90 Å². The fourth-order valence-electron chi connectivity index (χ4n) is 4.79. The zero-order chi connectivity index (χ0) is 25.5. The van der Waals surface area contributed by atoms with Crippen LogP contribution in [0.4, 0.5) is 0 Å². The molecule has 2 aromatic rings. The van der Waals surface area contributed by atoms with Gasteiger partial charge in [-0.2, -0.15) is 0 Å². The Morgan fingerprint density at radius 2 is 1.97 bits per heavy atom. The molecule has 2 fully saturated rings. The average Bonchev–Trinajstić information content (AvgIpc) is 3.38. The van der Waals surface area contributed by atoms with E-state index in [0.29, 0.717) is 17.3 Å². The summed E-state index contributed by atoms with van der Waals surface area (Å²) < 4.78 is 1.62. The van der Waals surface area contributed by atoms with Crippen LogP contribution >= 0.6 is 0 Å². The normalized spacial score (nSPS) is 22.2. The molecule has 0 aromatic carbocycles. The molecule has 0 radical (unpaired) electrons. The molecular formula is C25H36N6O4. The molecule has 3 N–H and O–H groups in total. The number of β-amino-alcohol motifs (C(OH)–C–C–N with tert-alkyl or cyclic N) is 1. The van der Waals surface area contributed by atoms with Gasteiger partial charge in [-0.25, -0.2) is 4.68 Å². The van der Waals surface area contributed by atoms with Crippen LogP contribution in [0.5, 0.6) is 0 Å². The molecule has 3 heterocycles. The number of likely N-dealkylation sites (tertiary alicyclic amines) is 1. The number of pyridine rings is 1. The summed E-state index contributed by atoms with van der Waals surface area (Å²) in [7, 11) is 0. The summed E-state index contributed by atoms with van der Waals surface area (Å²) in [4.78, 5) is 32.8. The minimum atomic E-state index is -0.786. The molecule has 4 atom stereocenters. The summed E-state index contributed by atoms with van der Waals surface area (Å²) in [5, 5.41) is 31.6. The predicted octanol–water partition coefficient (Wildman–Crippen LogP) is 1.78. The Bertz CT molecular complexity index is 1090. The van der Waals surface area contributed by atoms with Gasteiger partial charge in [0.1, 0.15) is 12.1 Å². The molecule has 10 nitrogen and oxygen atoms in total. The summed E-state index contributed by atoms with van der Waals surface area (Å²) in [6, 6.07) is 2.12. The van der Waals surface area contributed by atoms with Crippen LogP contribution in [0.2, 0.25) is 0 Å². The van der Waals surface area contributed by atoms with E-state index in [9.17, 15) is 19.8 Å². The van der Waals surface area contributed by atoms with Crippen molar-refractivity contribution < 1.29 is 19.8 Å². The fraction of sp³-hybridized carbons (Fsp3) is 0.640. The van der Waals surface area contributed by atoms with Crippen molar-refractivity contribution in [3.05, 3.63) is 41.0 Å². The maximum atomic E-state index is 13.8. The SMILES string of the molecule is Cc1nc(CNC(=O)[C@@H]2C[C@@H](O)CN2C(=O)[C@@H](n2cc(C3CC3)nn2)C(C)(C)C)ccc1C(C)O. The van der Waals surface area contributed by atoms with Crippen molar-refractivity contribution in [3.63, 3.8) is 0 Å². The third kappa shape index (κ3) is 5.54. The predicted molar refractivity (Wildman–Crippen MR) is 128 cm³/mol. The lowest BCUT2D eigenvalue weighted by Gasteiger charge is -2.34. The lowest BCUT2D eigenvalue weighted by molar-refractivity contribution is -0.144. The molecule has 1 aliphatic heterocycles. The highest BCUT2D eigenvalue weighted by molar-refractivity contribution is 5.90. The number of aryl methyl sites for hydroxylation is 1. The lowest BCUT2D eigenvalue weighted by Crippen LogP contribution is -2.50. The Hall–Kier alpha value is -2.85. The highest BCUT2D eigenvalue weighted by Crippen LogP contribution is 2.40. The number of amides is 2. The van der Waals surface area contributed by atoms with Gasteiger partial charge in [0.2, 0.25) is 11.8 Å². The van der Waals surface area contributed by atoms with E-state index in [0.717, 1.165) is 24.1 Å². The molecule has 2 aliphatic rings. The highest BCUT2D eigenvalue weighted by Gasteiger charge is 2.45. The number of nitrogens with zero attached hydrogens (tertiary/aromatic N) is 5. The zero-order valence-corrected chi connectivity index (χ0v) is 21.1. The molecule has 0 bridgehead atoms. The molecule has 10 heteroatoms. The van der Waals surface area contributed by atoms with Crippen LogP contribution < -0.4 is 5.32 Å². The van der Waals surface area contributed by atoms with Gasteiger partial charge in [0.25, 0.3) is 0 Å². The van der Waals surface area contributed by atoms with Crippen LogP contribution in [-0.4, -0.2) is 65.6 Å². The van der Waals surface area contributed by atoms with Crippen molar-refractivity contribution in [1.82, 2.24) is 30.2 Å². The van der Waals surface area contributed by atoms with Crippen molar-refractivity contribution in [3.8, 4) is 0 Å². The second kappa shape index (κ2) is 9.66. The van der Waals surface area contributed by atoms with E-state index < -0.39 is 29.7 Å². The number of hydrogen-bond acceptors (Lipinski definition) is 7. The minimum Gasteiger partial charge on any atom is -0.391 e. The molecule has 2 aromatic heterocycles. The summed E-state index contributed by atoms with van der Waals surface area (Å²) in [6.07, 6.45) is 2.79. The number of nitrogens with one attached hydrogen (secondary N) is 1. The number of rotatable bonds is 7. The van der Waals surface area contributed by atoms with Crippen LogP contribution in [0.3, 0.4) is 0 Å². The molecule has 1 saturated heterocycles. The standard InChI is InChI=1S/C25H36N6O4/c1-14-19(15(2)32)9-8-17(27-14)11-26-23(34)21-10-18(33)12-30(21)24(35)22(25(3,4)5)31-13-20(28-29-31)16-6-7-16/h8-9,13,15-16,18,21-22,32-33H,6-7,10-12H2,1-5H3,(H,26,34)/t15?,18-,21+,22-/m1/s1. The first-order chi connectivity index (χ1) is 16.5. The van der Waals surface area contributed by atoms with Crippen LogP contribution in [0.1, 0.15) is 87.7 Å². The number of carbonyl (C=O) groups is 2. The van der Waals surface area contributed by atoms with E-state index >= 15 is 0 Å². The maximum Gasteiger partial charge on any atom is 0.248 e. The Morgan fingerprint density at radius 3 is 2.57 bits per heavy atom. The first-order valence-corrected chi connectivity index (χ1v) is 12.3. The summed E-state index contributed by atoms with van der Waals surface area (Å²) in [6.45, 7) is 9.65. The van der Waals surface area contributed by atoms with Crippen LogP contribution in [-0.2, 0) is 16.1 Å². The second-order valence-electron chi connectivity index (χ2n) is 10.9. The Labute approximate surface area is 205 Å². The molecular weight excluding hydrogens is 448 g/mol. The third-order valence-electron chi connectivity index (χ3n) is 6.79. The quantitative estimate of drug-likeness (QED) is 0.545. The largest absolute Gasteiger partial charge is 0.391 e. The van der Waals surface area contributed by atoms with Crippen LogP contribution in [0.25, 0.3) is 0 Å². The van der Waals surface area contributed by atoms with Gasteiger partial charge in [-0.15, -0.1) is 5.10 Å². The summed E-state index contributed by atoms with van der Waals surface area (Å²) >= 11 is 0. The smallest absolute Gasteiger partial charge is 0.248 e. The first-order valence-electron chi connectivity index (χ1n) is 12.3. The van der Waals surface area contributed by atoms with Crippen molar-refractivity contribution in [2.45, 2.75) is 90.6 Å². The van der Waals surface area contributed by atoms with Crippen molar-refractivity contribution >= 4 is 11.8 Å². The van der Waals surface area contributed by atoms with Crippen molar-refractivity contribution in [2.75, 3.05) is 6.54 Å². The van der Waals surface area contributed by atoms with E-state index in [1.54, 1.807) is 23.7 Å². The van der Waals surface area contributed by atoms with Crippen molar-refractivity contribution in [2.24, 2.45) is 5.41 Å². The zero-order valence-electron chi connectivity index (χ0n) is 21.1. The number of aromatic nitrogens is 4. The summed E-state index contributed by atoms with van der Waals surface area (Å²) in [5.41, 5.74) is 2.51. The molecule has 190 valence electrons. The number of aliphatic hydroxyl groups is 2. The molecule has 1 aliphatic carbocycles. The monoisotopic (exact) mass is 484 g/mol. The summed E-state index contributed by atoms with van der Waals surface area (Å²) in [5.74, 6) is -0.172. The minimum absolute atomic E-state index is 0.0914. The van der Waals surface area contributed by atoms with E-state index in [1.807, 2.05) is 33.9 Å². The van der Waals surface area contributed by atoms with E-state index in [-0.39, 0.29) is 31.3 Å². The molecule has 4 rings (SSSR count). The fourth-order valence-corrected chi connectivity index (χ4v) is 4.79. The average molecular weight is 485 g/mol. The van der Waals surface area contributed by atoms with Gasteiger partial charge < -0.3 is 20.4 Å². The topological polar surface area (TPSA) is 133 Å². The van der Waals surface area contributed by atoms with E-state index in [4.69, 9.17) is 0 Å². The Morgan fingerprint density at radius 1 is 1.26 bits per heavy atom. The molecule has 1 unspecified atom stereocenters. The maximum absolute atomic E-state index is 13.8. The molecule has 0 spiro atoms. The van der Waals surface area contributed by atoms with Gasteiger partial charge >= 0.3 is 0 Å². The van der Waals surface area contributed by atoms with Crippen LogP contribution in [0.15, 0.2) is 18.3 Å². The molecule has 35 heavy (non-hydrogen) atoms. The van der Waals surface area contributed by atoms with Crippen LogP contribution in [0, 0.1) is 12.3 Å². The number of aliphatic hydroxyl groups excluding tert-OH is 2. The van der Waals surface area contributed by atoms with Gasteiger partial charge in [-0.05, 0) is 38.2 Å². The third-order valence-corrected chi connectivity index (χ3v) is 6.79. The molecule has 1 saturated carbocycles. The van der Waals surface area contributed by atoms with Gasteiger partial charge in [-0.1, -0.05) is 32.1 Å². The Balaban J connectivity index is 1.49. The Kier molecular flexibility index (Phi) is 6.97.